The lowest BCUT2D eigenvalue weighted by atomic mass is 9.68. The van der Waals surface area contributed by atoms with Gasteiger partial charge in [-0.3, -0.25) is 9.59 Å². The molecular weight excluding hydrogens is 370 g/mol. The number of nitrogens with one attached hydrogen (secondary N) is 1. The second kappa shape index (κ2) is 8.23. The molecule has 1 N–H and O–H groups in total. The first-order chi connectivity index (χ1) is 13.8. The molecule has 0 aromatic heterocycles. The third kappa shape index (κ3) is 3.59. The van der Waals surface area contributed by atoms with Gasteiger partial charge in [0.2, 0.25) is 0 Å². The van der Waals surface area contributed by atoms with Crippen LogP contribution >= 0.6 is 0 Å². The summed E-state index contributed by atoms with van der Waals surface area (Å²) >= 11 is 0. The number of esters is 2. The normalized spacial score (nSPS) is 24.0. The molecule has 3 rings (SSSR count). The number of carbonyl (C=O) groups excluding carboxylic acids is 3. The predicted octanol–water partition coefficient (Wildman–Crippen LogP) is 3.17. The van der Waals surface area contributed by atoms with E-state index in [1.165, 1.54) is 7.11 Å². The second-order valence-electron chi connectivity index (χ2n) is 7.61. The predicted molar refractivity (Wildman–Crippen MR) is 108 cm³/mol. The summed E-state index contributed by atoms with van der Waals surface area (Å²) in [6.45, 7) is 7.62. The molecule has 1 heterocycles. The minimum Gasteiger partial charge on any atom is -0.468 e. The van der Waals surface area contributed by atoms with Crippen molar-refractivity contribution >= 4 is 17.7 Å². The third-order valence-electron chi connectivity index (χ3n) is 5.74. The Labute approximate surface area is 171 Å². The van der Waals surface area contributed by atoms with E-state index in [2.05, 4.69) is 5.32 Å². The summed E-state index contributed by atoms with van der Waals surface area (Å²) in [5.41, 5.74) is 4.12. The van der Waals surface area contributed by atoms with Crippen LogP contribution in [0.5, 0.6) is 0 Å². The van der Waals surface area contributed by atoms with Gasteiger partial charge in [0.05, 0.1) is 19.3 Å². The molecule has 29 heavy (non-hydrogen) atoms. The number of hydrogen-bond acceptors (Lipinski definition) is 6. The molecule has 0 fully saturated rings. The van der Waals surface area contributed by atoms with Crippen LogP contribution < -0.4 is 5.32 Å². The highest BCUT2D eigenvalue weighted by Crippen LogP contribution is 2.46. The highest BCUT2D eigenvalue weighted by atomic mass is 16.5. The fraction of sp³-hybridized carbons (Fsp3) is 0.435. The maximum absolute atomic E-state index is 13.5. The summed E-state index contributed by atoms with van der Waals surface area (Å²) in [6.07, 6.45) is 0.524. The Kier molecular flexibility index (Phi) is 5.91. The molecule has 1 aliphatic heterocycles. The summed E-state index contributed by atoms with van der Waals surface area (Å²) in [5, 5.41) is 3.25. The number of rotatable bonds is 4. The Morgan fingerprint density at radius 3 is 2.52 bits per heavy atom. The van der Waals surface area contributed by atoms with Crippen molar-refractivity contribution in [3.8, 4) is 0 Å². The van der Waals surface area contributed by atoms with Gasteiger partial charge in [0.1, 0.15) is 5.92 Å². The quantitative estimate of drug-likeness (QED) is 0.621. The molecule has 0 unspecified atom stereocenters. The van der Waals surface area contributed by atoms with Crippen molar-refractivity contribution in [2.24, 2.45) is 11.8 Å². The molecule has 6 nitrogen and oxygen atoms in total. The van der Waals surface area contributed by atoms with Gasteiger partial charge < -0.3 is 14.8 Å². The van der Waals surface area contributed by atoms with Gasteiger partial charge in [0, 0.05) is 22.9 Å². The van der Waals surface area contributed by atoms with Gasteiger partial charge in [-0.15, -0.1) is 0 Å². The minimum atomic E-state index is -0.881. The van der Waals surface area contributed by atoms with E-state index in [1.807, 2.05) is 45.0 Å². The first-order valence-corrected chi connectivity index (χ1v) is 9.87. The molecule has 2 aliphatic rings. The Bertz CT molecular complexity index is 927. The van der Waals surface area contributed by atoms with E-state index in [0.717, 1.165) is 16.8 Å². The Morgan fingerprint density at radius 1 is 1.21 bits per heavy atom. The Morgan fingerprint density at radius 2 is 1.90 bits per heavy atom. The highest BCUT2D eigenvalue weighted by Gasteiger charge is 2.47. The van der Waals surface area contributed by atoms with Crippen molar-refractivity contribution in [1.82, 2.24) is 5.32 Å². The van der Waals surface area contributed by atoms with Gasteiger partial charge in [-0.1, -0.05) is 31.2 Å². The van der Waals surface area contributed by atoms with Crippen LogP contribution in [0.15, 0.2) is 46.8 Å². The molecule has 0 bridgehead atoms. The topological polar surface area (TPSA) is 81.7 Å². The van der Waals surface area contributed by atoms with Crippen molar-refractivity contribution in [2.45, 2.75) is 40.0 Å². The number of benzene rings is 1. The third-order valence-corrected chi connectivity index (χ3v) is 5.74. The van der Waals surface area contributed by atoms with Gasteiger partial charge in [-0.05, 0) is 44.2 Å². The molecule has 0 spiro atoms. The van der Waals surface area contributed by atoms with Gasteiger partial charge in [-0.25, -0.2) is 4.79 Å². The highest BCUT2D eigenvalue weighted by molar-refractivity contribution is 6.12. The number of dihydropyridines is 1. The van der Waals surface area contributed by atoms with Crippen LogP contribution in [-0.4, -0.2) is 31.4 Å². The summed E-state index contributed by atoms with van der Waals surface area (Å²) in [4.78, 5) is 38.8. The van der Waals surface area contributed by atoms with Crippen molar-refractivity contribution in [3.05, 3.63) is 57.9 Å². The largest absolute Gasteiger partial charge is 0.468 e. The molecule has 154 valence electrons. The molecule has 0 amide bonds. The number of aryl methyl sites for hydroxylation is 1. The van der Waals surface area contributed by atoms with Crippen LogP contribution in [0.2, 0.25) is 0 Å². The Hall–Kier alpha value is -2.89. The number of ether oxygens (including phenoxy) is 2. The summed E-state index contributed by atoms with van der Waals surface area (Å²) < 4.78 is 10.2. The van der Waals surface area contributed by atoms with E-state index in [9.17, 15) is 14.4 Å². The first-order valence-electron chi connectivity index (χ1n) is 9.87. The second-order valence-corrected chi connectivity index (χ2v) is 7.61. The fourth-order valence-electron chi connectivity index (χ4n) is 4.38. The molecule has 1 aromatic rings. The van der Waals surface area contributed by atoms with Gasteiger partial charge >= 0.3 is 11.9 Å². The van der Waals surface area contributed by atoms with Crippen LogP contribution in [0.3, 0.4) is 0 Å². The fourth-order valence-corrected chi connectivity index (χ4v) is 4.38. The van der Waals surface area contributed by atoms with E-state index in [4.69, 9.17) is 9.47 Å². The molecule has 0 radical (unpaired) electrons. The minimum absolute atomic E-state index is 0.198. The van der Waals surface area contributed by atoms with Gasteiger partial charge in [0.25, 0.3) is 0 Å². The monoisotopic (exact) mass is 397 g/mol. The van der Waals surface area contributed by atoms with E-state index in [-0.39, 0.29) is 18.3 Å². The molecular formula is C23H27NO5. The summed E-state index contributed by atoms with van der Waals surface area (Å²) in [5.74, 6) is -2.95. The standard InChI is InChI=1S/C23H27NO5/c1-6-29-23(27)18-14(4)24-16-11-13(3)17(22(26)28-5)21(25)20(16)19(18)15-10-8-7-9-12(15)2/h7-10,13,17,19,24H,6,11H2,1-5H3/t13-,17+,19-/m1/s1. The Balaban J connectivity index is 2.21. The van der Waals surface area contributed by atoms with E-state index < -0.39 is 23.8 Å². The van der Waals surface area contributed by atoms with Crippen molar-refractivity contribution in [3.63, 3.8) is 0 Å². The number of carbonyl (C=O) groups is 3. The lowest BCUT2D eigenvalue weighted by Crippen LogP contribution is -2.43. The number of allylic oxidation sites excluding steroid dienone is 3. The number of ketones is 1. The average molecular weight is 397 g/mol. The molecule has 0 saturated carbocycles. The van der Waals surface area contributed by atoms with Gasteiger partial charge in [-0.2, -0.15) is 0 Å². The summed E-state index contributed by atoms with van der Waals surface area (Å²) in [6, 6.07) is 7.67. The lowest BCUT2D eigenvalue weighted by Gasteiger charge is -2.38. The van der Waals surface area contributed by atoms with Crippen LogP contribution in [0.25, 0.3) is 0 Å². The molecule has 6 heteroatoms. The van der Waals surface area contributed by atoms with Crippen molar-refractivity contribution in [1.29, 1.82) is 0 Å². The molecule has 3 atom stereocenters. The lowest BCUT2D eigenvalue weighted by molar-refractivity contribution is -0.151. The molecule has 0 saturated heterocycles. The number of methoxy groups -OCH3 is 1. The van der Waals surface area contributed by atoms with Crippen LogP contribution in [-0.2, 0) is 23.9 Å². The van der Waals surface area contributed by atoms with Gasteiger partial charge in [0.15, 0.2) is 5.78 Å². The van der Waals surface area contributed by atoms with Crippen molar-refractivity contribution in [2.75, 3.05) is 13.7 Å². The zero-order chi connectivity index (χ0) is 21.3. The zero-order valence-electron chi connectivity index (χ0n) is 17.5. The van der Waals surface area contributed by atoms with E-state index >= 15 is 0 Å². The first kappa shape index (κ1) is 20.8. The van der Waals surface area contributed by atoms with Crippen LogP contribution in [0.1, 0.15) is 44.2 Å². The van der Waals surface area contributed by atoms with E-state index in [1.54, 1.807) is 6.92 Å². The average Bonchev–Trinajstić information content (AvgIpc) is 2.67. The number of hydrogen-bond donors (Lipinski definition) is 1. The van der Waals surface area contributed by atoms with Crippen LogP contribution in [0, 0.1) is 18.8 Å². The van der Waals surface area contributed by atoms with E-state index in [0.29, 0.717) is 23.3 Å². The number of Topliss-reactive ketones (excluding diaryl/α,β-unsaturated/α-hetero) is 1. The van der Waals surface area contributed by atoms with Crippen molar-refractivity contribution < 1.29 is 23.9 Å². The van der Waals surface area contributed by atoms with Crippen LogP contribution in [0.4, 0.5) is 0 Å². The molecule has 1 aliphatic carbocycles. The summed E-state index contributed by atoms with van der Waals surface area (Å²) in [7, 11) is 1.29. The maximum Gasteiger partial charge on any atom is 0.336 e. The molecule has 1 aromatic carbocycles. The zero-order valence-corrected chi connectivity index (χ0v) is 17.5. The maximum atomic E-state index is 13.5. The smallest absolute Gasteiger partial charge is 0.336 e. The SMILES string of the molecule is CCOC(=O)C1=C(C)NC2=C(C(=O)[C@@H](C(=O)OC)[C@H](C)C2)[C@@H]1c1ccccc1C.